The molecular formula is C21H15F2N3O. The van der Waals surface area contributed by atoms with Crippen molar-refractivity contribution in [3.8, 4) is 11.4 Å². The molecule has 6 heteroatoms. The summed E-state index contributed by atoms with van der Waals surface area (Å²) < 4.78 is 29.5. The average Bonchev–Trinajstić information content (AvgIpc) is 2.69. The lowest BCUT2D eigenvalue weighted by Gasteiger charge is -2.16. The van der Waals surface area contributed by atoms with Crippen molar-refractivity contribution in [2.75, 3.05) is 5.43 Å². The van der Waals surface area contributed by atoms with E-state index >= 15 is 0 Å². The molecule has 4 rings (SSSR count). The monoisotopic (exact) mass is 363 g/mol. The molecule has 1 heterocycles. The third kappa shape index (κ3) is 3.17. The highest BCUT2D eigenvalue weighted by Crippen LogP contribution is 2.21. The van der Waals surface area contributed by atoms with E-state index in [4.69, 9.17) is 0 Å². The van der Waals surface area contributed by atoms with Gasteiger partial charge in [-0.1, -0.05) is 42.5 Å². The van der Waals surface area contributed by atoms with Crippen LogP contribution in [0.15, 0.2) is 77.6 Å². The fourth-order valence-electron chi connectivity index (χ4n) is 2.91. The molecule has 0 unspecified atom stereocenters. The standard InChI is InChI=1S/C21H15F2N3O/c22-17-10-4-1-7-14(17)13-24-26-20(15-8-2-5-11-18(15)23)25-19-12-6-3-9-16(19)21(26)27/h1-12,24H,13H2. The minimum atomic E-state index is -0.499. The number of benzene rings is 3. The first-order chi connectivity index (χ1) is 13.1. The lowest BCUT2D eigenvalue weighted by atomic mass is 10.1. The van der Waals surface area contributed by atoms with E-state index in [1.165, 1.54) is 16.8 Å². The SMILES string of the molecule is O=c1c2ccccc2nc(-c2ccccc2F)n1NCc1ccccc1F. The van der Waals surface area contributed by atoms with Crippen LogP contribution in [-0.2, 0) is 6.54 Å². The molecule has 0 atom stereocenters. The van der Waals surface area contributed by atoms with Gasteiger partial charge in [0.05, 0.1) is 23.0 Å². The minimum absolute atomic E-state index is 0.0497. The average molecular weight is 363 g/mol. The molecule has 0 amide bonds. The van der Waals surface area contributed by atoms with Gasteiger partial charge in [-0.3, -0.25) is 4.79 Å². The summed E-state index contributed by atoms with van der Waals surface area (Å²) in [6.07, 6.45) is 0. The van der Waals surface area contributed by atoms with Crippen LogP contribution in [0.2, 0.25) is 0 Å². The van der Waals surface area contributed by atoms with Crippen LogP contribution in [0.1, 0.15) is 5.56 Å². The van der Waals surface area contributed by atoms with Crippen LogP contribution in [0.25, 0.3) is 22.3 Å². The van der Waals surface area contributed by atoms with Crippen LogP contribution >= 0.6 is 0 Å². The van der Waals surface area contributed by atoms with Gasteiger partial charge >= 0.3 is 0 Å². The number of nitrogens with one attached hydrogen (secondary N) is 1. The Labute approximate surface area is 153 Å². The van der Waals surface area contributed by atoms with Gasteiger partial charge in [0, 0.05) is 5.56 Å². The summed E-state index contributed by atoms with van der Waals surface area (Å²) >= 11 is 0. The molecule has 27 heavy (non-hydrogen) atoms. The number of fused-ring (bicyclic) bond motifs is 1. The van der Waals surface area contributed by atoms with Gasteiger partial charge in [0.25, 0.3) is 5.56 Å². The van der Waals surface area contributed by atoms with Crippen molar-refractivity contribution >= 4 is 10.9 Å². The van der Waals surface area contributed by atoms with E-state index in [1.54, 1.807) is 60.7 Å². The first kappa shape index (κ1) is 16.9. The van der Waals surface area contributed by atoms with Crippen molar-refractivity contribution in [1.29, 1.82) is 0 Å². The van der Waals surface area contributed by atoms with Gasteiger partial charge in [-0.25, -0.2) is 18.4 Å². The molecule has 0 aliphatic rings. The van der Waals surface area contributed by atoms with Gasteiger partial charge in [0.1, 0.15) is 11.6 Å². The van der Waals surface area contributed by atoms with E-state index in [-0.39, 0.29) is 29.3 Å². The van der Waals surface area contributed by atoms with Crippen LogP contribution in [-0.4, -0.2) is 9.66 Å². The van der Waals surface area contributed by atoms with E-state index in [2.05, 4.69) is 10.4 Å². The van der Waals surface area contributed by atoms with Gasteiger partial charge in [-0.15, -0.1) is 0 Å². The van der Waals surface area contributed by atoms with Gasteiger partial charge in [0.15, 0.2) is 5.82 Å². The topological polar surface area (TPSA) is 46.9 Å². The van der Waals surface area contributed by atoms with Crippen molar-refractivity contribution in [2.24, 2.45) is 0 Å². The number of para-hydroxylation sites is 1. The van der Waals surface area contributed by atoms with Crippen LogP contribution in [0, 0.1) is 11.6 Å². The Balaban J connectivity index is 1.88. The first-order valence-corrected chi connectivity index (χ1v) is 8.39. The number of hydrogen-bond donors (Lipinski definition) is 1. The van der Waals surface area contributed by atoms with Crippen molar-refractivity contribution in [2.45, 2.75) is 6.54 Å². The van der Waals surface area contributed by atoms with E-state index < -0.39 is 5.82 Å². The Kier molecular flexibility index (Phi) is 4.38. The van der Waals surface area contributed by atoms with Gasteiger partial charge in [-0.2, -0.15) is 0 Å². The van der Waals surface area contributed by atoms with Crippen molar-refractivity contribution in [1.82, 2.24) is 9.66 Å². The molecule has 0 radical (unpaired) electrons. The van der Waals surface area contributed by atoms with Crippen molar-refractivity contribution in [3.63, 3.8) is 0 Å². The highest BCUT2D eigenvalue weighted by molar-refractivity contribution is 5.79. The maximum atomic E-state index is 14.4. The fourth-order valence-corrected chi connectivity index (χ4v) is 2.91. The minimum Gasteiger partial charge on any atom is -0.317 e. The lowest BCUT2D eigenvalue weighted by molar-refractivity contribution is 0.607. The quantitative estimate of drug-likeness (QED) is 0.594. The predicted octanol–water partition coefficient (Wildman–Crippen LogP) is 4.09. The number of rotatable bonds is 4. The molecule has 0 fully saturated rings. The number of nitrogens with zero attached hydrogens (tertiary/aromatic N) is 2. The fraction of sp³-hybridized carbons (Fsp3) is 0.0476. The predicted molar refractivity (Wildman–Crippen MR) is 101 cm³/mol. The third-order valence-corrected chi connectivity index (χ3v) is 4.28. The second-order valence-corrected chi connectivity index (χ2v) is 6.00. The Hall–Kier alpha value is -3.54. The van der Waals surface area contributed by atoms with E-state index in [9.17, 15) is 13.6 Å². The Bertz CT molecular complexity index is 1190. The highest BCUT2D eigenvalue weighted by atomic mass is 19.1. The number of halogens is 2. The molecule has 0 saturated heterocycles. The summed E-state index contributed by atoms with van der Waals surface area (Å²) in [6.45, 7) is 0.0497. The Morgan fingerprint density at radius 3 is 2.30 bits per heavy atom. The molecule has 0 bridgehead atoms. The summed E-state index contributed by atoms with van der Waals surface area (Å²) in [5, 5.41) is 0.388. The molecule has 0 aliphatic heterocycles. The molecule has 4 aromatic rings. The van der Waals surface area contributed by atoms with Crippen molar-refractivity contribution in [3.05, 3.63) is 100 Å². The second kappa shape index (κ2) is 6.99. The Morgan fingerprint density at radius 1 is 0.852 bits per heavy atom. The van der Waals surface area contributed by atoms with E-state index in [0.29, 0.717) is 16.5 Å². The largest absolute Gasteiger partial charge is 0.317 e. The summed E-state index contributed by atoms with van der Waals surface area (Å²) in [7, 11) is 0. The zero-order valence-corrected chi connectivity index (χ0v) is 14.2. The summed E-state index contributed by atoms with van der Waals surface area (Å²) in [5.74, 6) is -0.756. The summed E-state index contributed by atoms with van der Waals surface area (Å²) in [6, 6.07) is 19.2. The molecule has 0 saturated carbocycles. The maximum absolute atomic E-state index is 14.4. The lowest BCUT2D eigenvalue weighted by Crippen LogP contribution is -2.31. The van der Waals surface area contributed by atoms with Crippen LogP contribution in [0.4, 0.5) is 8.78 Å². The smallest absolute Gasteiger partial charge is 0.280 e. The summed E-state index contributed by atoms with van der Waals surface area (Å²) in [5.41, 5.74) is 3.54. The van der Waals surface area contributed by atoms with Crippen LogP contribution in [0.3, 0.4) is 0 Å². The molecule has 1 aromatic heterocycles. The molecule has 0 spiro atoms. The van der Waals surface area contributed by atoms with Crippen LogP contribution < -0.4 is 11.0 Å². The Morgan fingerprint density at radius 2 is 1.52 bits per heavy atom. The first-order valence-electron chi connectivity index (χ1n) is 8.39. The van der Waals surface area contributed by atoms with Gasteiger partial charge < -0.3 is 5.43 Å². The highest BCUT2D eigenvalue weighted by Gasteiger charge is 2.16. The summed E-state index contributed by atoms with van der Waals surface area (Å²) in [4.78, 5) is 17.5. The molecular weight excluding hydrogens is 348 g/mol. The van der Waals surface area contributed by atoms with E-state index in [0.717, 1.165) is 0 Å². The molecule has 0 aliphatic carbocycles. The van der Waals surface area contributed by atoms with Gasteiger partial charge in [0.2, 0.25) is 0 Å². The zero-order valence-electron chi connectivity index (χ0n) is 14.2. The zero-order chi connectivity index (χ0) is 18.8. The molecule has 1 N–H and O–H groups in total. The normalized spacial score (nSPS) is 10.9. The van der Waals surface area contributed by atoms with E-state index in [1.807, 2.05) is 0 Å². The number of aromatic nitrogens is 2. The molecule has 3 aromatic carbocycles. The second-order valence-electron chi connectivity index (χ2n) is 6.00. The number of hydrogen-bond acceptors (Lipinski definition) is 3. The molecule has 134 valence electrons. The molecule has 4 nitrogen and oxygen atoms in total. The van der Waals surface area contributed by atoms with Crippen molar-refractivity contribution < 1.29 is 8.78 Å². The third-order valence-electron chi connectivity index (χ3n) is 4.28. The maximum Gasteiger partial charge on any atom is 0.280 e. The van der Waals surface area contributed by atoms with Gasteiger partial charge in [-0.05, 0) is 30.3 Å². The van der Waals surface area contributed by atoms with Crippen LogP contribution in [0.5, 0.6) is 0 Å².